The summed E-state index contributed by atoms with van der Waals surface area (Å²) in [7, 11) is 2.19. The first kappa shape index (κ1) is 15.3. The van der Waals surface area contributed by atoms with Crippen LogP contribution in [0.3, 0.4) is 0 Å². The van der Waals surface area contributed by atoms with Crippen molar-refractivity contribution in [2.24, 2.45) is 0 Å². The quantitative estimate of drug-likeness (QED) is 0.381. The van der Waals surface area contributed by atoms with Crippen LogP contribution in [0.5, 0.6) is 0 Å². The van der Waals surface area contributed by atoms with Gasteiger partial charge in [-0.2, -0.15) is 0 Å². The van der Waals surface area contributed by atoms with Crippen LogP contribution in [0.1, 0.15) is 58.3 Å². The Hall–Kier alpha value is 0.210. The molecule has 1 aliphatic rings. The van der Waals surface area contributed by atoms with Crippen molar-refractivity contribution in [3.63, 3.8) is 0 Å². The molecule has 0 saturated carbocycles. The zero-order chi connectivity index (χ0) is 12.5. The van der Waals surface area contributed by atoms with E-state index < -0.39 is 0 Å². The third-order valence-electron chi connectivity index (χ3n) is 3.82. The van der Waals surface area contributed by atoms with E-state index in [1.54, 1.807) is 0 Å². The van der Waals surface area contributed by atoms with Crippen LogP contribution >= 0.6 is 11.6 Å². The molecule has 1 heterocycles. The second kappa shape index (κ2) is 9.18. The Balaban J connectivity index is 1.87. The topological polar surface area (TPSA) is 7.68 Å². The van der Waals surface area contributed by atoms with Crippen LogP contribution < -0.4 is 4.90 Å². The summed E-state index contributed by atoms with van der Waals surface area (Å²) in [5.41, 5.74) is 0.222. The van der Waals surface area contributed by atoms with E-state index in [4.69, 9.17) is 11.6 Å². The highest BCUT2D eigenvalue weighted by atomic mass is 35.5. The number of rotatable bonds is 9. The third-order valence-corrected chi connectivity index (χ3v) is 4.47. The summed E-state index contributed by atoms with van der Waals surface area (Å²) in [5.74, 6) is 0. The molecule has 2 nitrogen and oxygen atoms in total. The molecule has 0 aliphatic carbocycles. The van der Waals surface area contributed by atoms with Gasteiger partial charge < -0.3 is 4.90 Å². The van der Waals surface area contributed by atoms with E-state index in [-0.39, 0.29) is 5.62 Å². The molecule has 0 spiro atoms. The molecule has 3 heteroatoms. The summed E-state index contributed by atoms with van der Waals surface area (Å²) < 4.78 is 0. The molecule has 1 fully saturated rings. The summed E-state index contributed by atoms with van der Waals surface area (Å²) in [5, 5.41) is 0. The predicted octanol–water partition coefficient (Wildman–Crippen LogP) is 2.48. The molecular formula is C14H30ClN2+. The van der Waals surface area contributed by atoms with Crippen LogP contribution in [0.4, 0.5) is 0 Å². The molecule has 0 aromatic carbocycles. The Bertz CT molecular complexity index is 187. The van der Waals surface area contributed by atoms with Crippen molar-refractivity contribution in [2.75, 3.05) is 26.7 Å². The van der Waals surface area contributed by atoms with Gasteiger partial charge >= 0.3 is 0 Å². The van der Waals surface area contributed by atoms with Crippen molar-refractivity contribution < 1.29 is 4.90 Å². The van der Waals surface area contributed by atoms with Crippen molar-refractivity contribution in [3.05, 3.63) is 0 Å². The van der Waals surface area contributed by atoms with Crippen molar-refractivity contribution in [1.82, 2.24) is 4.90 Å². The maximum atomic E-state index is 6.31. The highest BCUT2D eigenvalue weighted by molar-refractivity contribution is 6.19. The average molecular weight is 262 g/mol. The van der Waals surface area contributed by atoms with Gasteiger partial charge in [-0.1, -0.05) is 51.9 Å². The average Bonchev–Trinajstić information content (AvgIpc) is 2.64. The number of hydrogen-bond acceptors (Lipinski definition) is 1. The van der Waals surface area contributed by atoms with Gasteiger partial charge in [-0.15, -0.1) is 0 Å². The van der Waals surface area contributed by atoms with Crippen LogP contribution in [0.25, 0.3) is 0 Å². The van der Waals surface area contributed by atoms with Crippen molar-refractivity contribution in [1.29, 1.82) is 0 Å². The van der Waals surface area contributed by atoms with Crippen LogP contribution in [0.15, 0.2) is 0 Å². The Morgan fingerprint density at radius 1 is 1.06 bits per heavy atom. The molecule has 0 aromatic rings. The highest BCUT2D eigenvalue weighted by Gasteiger charge is 2.30. The second-order valence-electron chi connectivity index (χ2n) is 5.44. The molecule has 0 bridgehead atoms. The number of alkyl halides is 1. The number of nitrogens with zero attached hydrogens (tertiary/aromatic N) is 1. The molecule has 1 aliphatic heterocycles. The van der Waals surface area contributed by atoms with E-state index in [2.05, 4.69) is 18.9 Å². The molecule has 0 aromatic heterocycles. The normalized spacial score (nSPS) is 25.6. The first-order valence-corrected chi connectivity index (χ1v) is 7.89. The molecule has 2 unspecified atom stereocenters. The zero-order valence-electron chi connectivity index (χ0n) is 11.7. The van der Waals surface area contributed by atoms with Gasteiger partial charge in [0.2, 0.25) is 5.62 Å². The van der Waals surface area contributed by atoms with Gasteiger partial charge in [0.25, 0.3) is 0 Å². The second-order valence-corrected chi connectivity index (χ2v) is 5.86. The van der Waals surface area contributed by atoms with Crippen LogP contribution in [-0.4, -0.2) is 37.2 Å². The van der Waals surface area contributed by atoms with Gasteiger partial charge in [-0.25, -0.2) is 4.90 Å². The zero-order valence-corrected chi connectivity index (χ0v) is 12.4. The summed E-state index contributed by atoms with van der Waals surface area (Å²) >= 11 is 6.31. The number of unbranched alkanes of at least 4 members (excludes halogenated alkanes) is 7. The Morgan fingerprint density at radius 2 is 1.65 bits per heavy atom. The van der Waals surface area contributed by atoms with Gasteiger partial charge in [0.05, 0.1) is 20.1 Å². The van der Waals surface area contributed by atoms with Gasteiger partial charge in [0.1, 0.15) is 0 Å². The summed E-state index contributed by atoms with van der Waals surface area (Å²) in [6, 6.07) is 0. The maximum Gasteiger partial charge on any atom is 0.221 e. The van der Waals surface area contributed by atoms with Gasteiger partial charge in [-0.05, 0) is 18.0 Å². The van der Waals surface area contributed by atoms with E-state index in [0.717, 1.165) is 0 Å². The monoisotopic (exact) mass is 261 g/mol. The molecule has 102 valence electrons. The van der Waals surface area contributed by atoms with Crippen molar-refractivity contribution >= 4 is 11.6 Å². The van der Waals surface area contributed by atoms with Crippen molar-refractivity contribution in [3.8, 4) is 0 Å². The van der Waals surface area contributed by atoms with E-state index in [1.807, 2.05) is 0 Å². The lowest BCUT2D eigenvalue weighted by molar-refractivity contribution is -0.884. The predicted molar refractivity (Wildman–Crippen MR) is 75.6 cm³/mol. The summed E-state index contributed by atoms with van der Waals surface area (Å²) in [6.45, 7) is 5.85. The lowest BCUT2D eigenvalue weighted by atomic mass is 10.1. The fraction of sp³-hybridized carbons (Fsp3) is 1.00. The van der Waals surface area contributed by atoms with E-state index in [1.165, 1.54) is 75.9 Å². The number of hydrogen-bond donors (Lipinski definition) is 1. The highest BCUT2D eigenvalue weighted by Crippen LogP contribution is 2.10. The summed E-state index contributed by atoms with van der Waals surface area (Å²) in [4.78, 5) is 3.87. The smallest absolute Gasteiger partial charge is 0.221 e. The number of nitrogens with one attached hydrogen (secondary N) is 1. The molecule has 1 saturated heterocycles. The van der Waals surface area contributed by atoms with Gasteiger partial charge in [-0.3, -0.25) is 0 Å². The van der Waals surface area contributed by atoms with Crippen LogP contribution in [0, 0.1) is 0 Å². The molecule has 2 atom stereocenters. The molecule has 1 rings (SSSR count). The molecule has 1 N–H and O–H groups in total. The largest absolute Gasteiger partial charge is 0.308 e. The number of halogens is 1. The number of quaternary nitrogens is 1. The fourth-order valence-electron chi connectivity index (χ4n) is 2.54. The van der Waals surface area contributed by atoms with E-state index in [0.29, 0.717) is 0 Å². The van der Waals surface area contributed by atoms with E-state index >= 15 is 0 Å². The van der Waals surface area contributed by atoms with Crippen LogP contribution in [0.2, 0.25) is 0 Å². The minimum absolute atomic E-state index is 0.222. The Kier molecular flexibility index (Phi) is 8.25. The minimum Gasteiger partial charge on any atom is -0.308 e. The Labute approximate surface area is 112 Å². The maximum absolute atomic E-state index is 6.31. The third kappa shape index (κ3) is 6.08. The SMILES string of the molecule is CCCCCCCCCCN1CC[NH+](C)C1Cl. The number of likely N-dealkylation sites (N-methyl/N-ethyl adjacent to an activating group) is 1. The molecule has 0 amide bonds. The van der Waals surface area contributed by atoms with E-state index in [9.17, 15) is 0 Å². The lowest BCUT2D eigenvalue weighted by Crippen LogP contribution is -3.10. The molecule has 0 radical (unpaired) electrons. The standard InChI is InChI=1S/C14H29ClN2/c1-3-4-5-6-7-8-9-10-11-17-13-12-16(2)14(17)15/h14H,3-13H2,1-2H3/p+1. The first-order valence-electron chi connectivity index (χ1n) is 7.46. The minimum atomic E-state index is 0.222. The summed E-state index contributed by atoms with van der Waals surface area (Å²) in [6.07, 6.45) is 11.2. The van der Waals surface area contributed by atoms with Crippen LogP contribution in [-0.2, 0) is 0 Å². The molecular weight excluding hydrogens is 232 g/mol. The first-order chi connectivity index (χ1) is 8.25. The van der Waals surface area contributed by atoms with Gasteiger partial charge in [0.15, 0.2) is 0 Å². The Morgan fingerprint density at radius 3 is 2.18 bits per heavy atom. The molecule has 17 heavy (non-hydrogen) atoms. The van der Waals surface area contributed by atoms with Crippen molar-refractivity contribution in [2.45, 2.75) is 63.9 Å². The lowest BCUT2D eigenvalue weighted by Gasteiger charge is -2.18. The van der Waals surface area contributed by atoms with Gasteiger partial charge in [0, 0.05) is 6.54 Å². The fourth-order valence-corrected chi connectivity index (χ4v) is 2.84.